The molecular formula is C19H25N3O3. The van der Waals surface area contributed by atoms with Crippen molar-refractivity contribution in [1.29, 1.82) is 0 Å². The van der Waals surface area contributed by atoms with E-state index in [9.17, 15) is 14.4 Å². The van der Waals surface area contributed by atoms with Crippen LogP contribution >= 0.6 is 0 Å². The number of amides is 4. The predicted octanol–water partition coefficient (Wildman–Crippen LogP) is 2.74. The highest BCUT2D eigenvalue weighted by Gasteiger charge is 2.55. The lowest BCUT2D eigenvalue weighted by atomic mass is 9.73. The highest BCUT2D eigenvalue weighted by molar-refractivity contribution is 6.10. The van der Waals surface area contributed by atoms with E-state index in [4.69, 9.17) is 0 Å². The average Bonchev–Trinajstić information content (AvgIpc) is 2.79. The molecule has 1 saturated heterocycles. The van der Waals surface area contributed by atoms with Gasteiger partial charge in [-0.25, -0.2) is 4.79 Å². The molecule has 1 aromatic rings. The first-order valence-corrected chi connectivity index (χ1v) is 8.85. The number of urea groups is 1. The van der Waals surface area contributed by atoms with Gasteiger partial charge in [-0.05, 0) is 43.7 Å². The van der Waals surface area contributed by atoms with Crippen LogP contribution < -0.4 is 10.6 Å². The van der Waals surface area contributed by atoms with Gasteiger partial charge in [-0.2, -0.15) is 0 Å². The number of carbonyl (C=O) groups excluding carboxylic acids is 3. The number of imide groups is 1. The highest BCUT2D eigenvalue weighted by atomic mass is 16.2. The summed E-state index contributed by atoms with van der Waals surface area (Å²) in [6, 6.07) is 5.28. The molecule has 2 aliphatic rings. The number of nitrogens with zero attached hydrogens (tertiary/aromatic N) is 1. The maximum absolute atomic E-state index is 12.9. The number of carbonyl (C=O) groups is 3. The minimum absolute atomic E-state index is 0.0874. The summed E-state index contributed by atoms with van der Waals surface area (Å²) in [5.41, 5.74) is 1.81. The summed E-state index contributed by atoms with van der Waals surface area (Å²) >= 11 is 0. The van der Waals surface area contributed by atoms with E-state index in [1.807, 2.05) is 39.0 Å². The summed E-state index contributed by atoms with van der Waals surface area (Å²) in [5.74, 6) is -0.535. The van der Waals surface area contributed by atoms with E-state index in [-0.39, 0.29) is 24.3 Å². The minimum atomic E-state index is -0.825. The molecule has 1 aliphatic carbocycles. The molecule has 6 heteroatoms. The number of benzene rings is 1. The number of anilines is 1. The monoisotopic (exact) mass is 343 g/mol. The van der Waals surface area contributed by atoms with Crippen molar-refractivity contribution in [3.63, 3.8) is 0 Å². The first-order chi connectivity index (χ1) is 11.8. The molecule has 25 heavy (non-hydrogen) atoms. The van der Waals surface area contributed by atoms with Gasteiger partial charge >= 0.3 is 6.03 Å². The van der Waals surface area contributed by atoms with Crippen LogP contribution in [0.2, 0.25) is 0 Å². The molecule has 0 unspecified atom stereocenters. The van der Waals surface area contributed by atoms with Gasteiger partial charge in [0.05, 0.1) is 0 Å². The van der Waals surface area contributed by atoms with E-state index in [0.29, 0.717) is 6.42 Å². The maximum Gasteiger partial charge on any atom is 0.325 e. The van der Waals surface area contributed by atoms with Crippen molar-refractivity contribution in [1.82, 2.24) is 10.2 Å². The Morgan fingerprint density at radius 2 is 1.96 bits per heavy atom. The Labute approximate surface area is 148 Å². The molecule has 2 fully saturated rings. The van der Waals surface area contributed by atoms with Crippen molar-refractivity contribution >= 4 is 23.5 Å². The zero-order valence-electron chi connectivity index (χ0n) is 15.0. The fraction of sp³-hybridized carbons (Fsp3) is 0.526. The van der Waals surface area contributed by atoms with Crippen LogP contribution in [-0.4, -0.2) is 34.8 Å². The van der Waals surface area contributed by atoms with E-state index in [1.165, 1.54) is 0 Å². The molecule has 1 heterocycles. The topological polar surface area (TPSA) is 78.5 Å². The van der Waals surface area contributed by atoms with Gasteiger partial charge in [0.25, 0.3) is 5.91 Å². The smallest absolute Gasteiger partial charge is 0.324 e. The molecule has 1 saturated carbocycles. The largest absolute Gasteiger partial charge is 0.325 e. The van der Waals surface area contributed by atoms with Gasteiger partial charge in [0.2, 0.25) is 5.91 Å². The van der Waals surface area contributed by atoms with Crippen LogP contribution in [0.15, 0.2) is 18.2 Å². The molecule has 0 radical (unpaired) electrons. The van der Waals surface area contributed by atoms with Gasteiger partial charge in [-0.1, -0.05) is 38.0 Å². The van der Waals surface area contributed by atoms with Crippen LogP contribution in [0, 0.1) is 19.8 Å². The van der Waals surface area contributed by atoms with Crippen molar-refractivity contribution in [2.24, 2.45) is 5.92 Å². The van der Waals surface area contributed by atoms with Crippen molar-refractivity contribution in [3.8, 4) is 0 Å². The molecule has 1 aliphatic heterocycles. The van der Waals surface area contributed by atoms with Gasteiger partial charge in [-0.3, -0.25) is 14.5 Å². The molecular weight excluding hydrogens is 318 g/mol. The van der Waals surface area contributed by atoms with Crippen molar-refractivity contribution < 1.29 is 14.4 Å². The number of hydrogen-bond acceptors (Lipinski definition) is 3. The number of para-hydroxylation sites is 1. The molecule has 6 nitrogen and oxygen atoms in total. The molecule has 134 valence electrons. The summed E-state index contributed by atoms with van der Waals surface area (Å²) in [6.45, 7) is 5.56. The van der Waals surface area contributed by atoms with Crippen LogP contribution in [0.5, 0.6) is 0 Å². The van der Waals surface area contributed by atoms with Gasteiger partial charge < -0.3 is 10.6 Å². The first kappa shape index (κ1) is 17.5. The quantitative estimate of drug-likeness (QED) is 0.828. The fourth-order valence-electron chi connectivity index (χ4n) is 3.97. The summed E-state index contributed by atoms with van der Waals surface area (Å²) < 4.78 is 0. The zero-order chi connectivity index (χ0) is 18.2. The van der Waals surface area contributed by atoms with Crippen LogP contribution in [0.1, 0.15) is 43.7 Å². The summed E-state index contributed by atoms with van der Waals surface area (Å²) in [5, 5.41) is 5.70. The molecule has 4 amide bonds. The third-order valence-corrected chi connectivity index (χ3v) is 5.55. The Morgan fingerprint density at radius 1 is 1.28 bits per heavy atom. The lowest BCUT2D eigenvalue weighted by Gasteiger charge is -2.36. The minimum Gasteiger partial charge on any atom is -0.324 e. The van der Waals surface area contributed by atoms with Gasteiger partial charge in [0.1, 0.15) is 12.1 Å². The highest BCUT2D eigenvalue weighted by Crippen LogP contribution is 2.38. The van der Waals surface area contributed by atoms with E-state index < -0.39 is 11.6 Å². The molecule has 2 atom stereocenters. The standard InChI is InChI=1S/C19H25N3O3/c1-12-7-6-8-13(2)16(12)20-15(23)11-22-17(24)19(21-18(22)25)10-5-4-9-14(19)3/h6-8,14H,4-5,9-11H2,1-3H3,(H,20,23)(H,21,25)/t14-,19+/m0/s1. The molecule has 0 bridgehead atoms. The van der Waals surface area contributed by atoms with Crippen LogP contribution in [0.25, 0.3) is 0 Å². The molecule has 3 rings (SSSR count). The second-order valence-electron chi connectivity index (χ2n) is 7.25. The summed E-state index contributed by atoms with van der Waals surface area (Å²) in [6.07, 6.45) is 3.54. The lowest BCUT2D eigenvalue weighted by Crippen LogP contribution is -2.54. The number of aryl methyl sites for hydroxylation is 2. The van der Waals surface area contributed by atoms with Gasteiger partial charge in [0.15, 0.2) is 0 Å². The fourth-order valence-corrected chi connectivity index (χ4v) is 3.97. The summed E-state index contributed by atoms with van der Waals surface area (Å²) in [4.78, 5) is 38.7. The van der Waals surface area contributed by atoms with Crippen molar-refractivity contribution in [3.05, 3.63) is 29.3 Å². The average molecular weight is 343 g/mol. The molecule has 1 aromatic carbocycles. The number of nitrogens with one attached hydrogen (secondary N) is 2. The van der Waals surface area contributed by atoms with Crippen LogP contribution in [0.3, 0.4) is 0 Å². The van der Waals surface area contributed by atoms with Crippen molar-refractivity contribution in [2.75, 3.05) is 11.9 Å². The Kier molecular flexibility index (Phi) is 4.54. The van der Waals surface area contributed by atoms with Crippen LogP contribution in [-0.2, 0) is 9.59 Å². The Hall–Kier alpha value is -2.37. The second-order valence-corrected chi connectivity index (χ2v) is 7.25. The molecule has 2 N–H and O–H groups in total. The molecule has 0 aromatic heterocycles. The normalized spacial score (nSPS) is 26.0. The zero-order valence-corrected chi connectivity index (χ0v) is 15.0. The first-order valence-electron chi connectivity index (χ1n) is 8.85. The number of hydrogen-bond donors (Lipinski definition) is 2. The predicted molar refractivity (Wildman–Crippen MR) is 95.2 cm³/mol. The summed E-state index contributed by atoms with van der Waals surface area (Å²) in [7, 11) is 0. The van der Waals surface area contributed by atoms with E-state index in [2.05, 4.69) is 10.6 Å². The van der Waals surface area contributed by atoms with Gasteiger partial charge in [0, 0.05) is 5.69 Å². The van der Waals surface area contributed by atoms with E-state index in [0.717, 1.165) is 41.0 Å². The lowest BCUT2D eigenvalue weighted by molar-refractivity contribution is -0.136. The third-order valence-electron chi connectivity index (χ3n) is 5.55. The second kappa shape index (κ2) is 6.50. The Morgan fingerprint density at radius 3 is 2.60 bits per heavy atom. The molecule has 1 spiro atoms. The third kappa shape index (κ3) is 3.01. The van der Waals surface area contributed by atoms with Crippen LogP contribution in [0.4, 0.5) is 10.5 Å². The Balaban J connectivity index is 1.73. The SMILES string of the molecule is Cc1cccc(C)c1NC(=O)CN1C(=O)N[C@@]2(CCCC[C@@H]2C)C1=O. The number of rotatable bonds is 3. The van der Waals surface area contributed by atoms with E-state index in [1.54, 1.807) is 0 Å². The maximum atomic E-state index is 12.9. The van der Waals surface area contributed by atoms with E-state index >= 15 is 0 Å². The van der Waals surface area contributed by atoms with Crippen molar-refractivity contribution in [2.45, 2.75) is 52.0 Å². The van der Waals surface area contributed by atoms with Gasteiger partial charge in [-0.15, -0.1) is 0 Å². The Bertz CT molecular complexity index is 710.